The predicted octanol–water partition coefficient (Wildman–Crippen LogP) is 5.18. The molecule has 2 aromatic carbocycles. The molecule has 0 aliphatic heterocycles. The van der Waals surface area contributed by atoms with E-state index in [2.05, 4.69) is 17.2 Å². The van der Waals surface area contributed by atoms with Crippen molar-refractivity contribution in [2.45, 2.75) is 32.7 Å². The van der Waals surface area contributed by atoms with Gasteiger partial charge in [0.2, 0.25) is 0 Å². The largest absolute Gasteiger partial charge is 0.497 e. The van der Waals surface area contributed by atoms with E-state index in [4.69, 9.17) is 25.8 Å². The number of unbranched alkanes of at least 4 members (excludes halogenated alkanes) is 1. The zero-order chi connectivity index (χ0) is 23.8. The number of nitrogens with zero attached hydrogens (tertiary/aromatic N) is 2. The van der Waals surface area contributed by atoms with E-state index >= 15 is 0 Å². The van der Waals surface area contributed by atoms with E-state index in [0.29, 0.717) is 46.9 Å². The maximum Gasteiger partial charge on any atom is 0.252 e. The van der Waals surface area contributed by atoms with E-state index in [1.54, 1.807) is 25.4 Å². The number of aryl methyl sites for hydroxylation is 1. The minimum absolute atomic E-state index is 0.311. The summed E-state index contributed by atoms with van der Waals surface area (Å²) in [6.07, 6.45) is 5.43. The number of benzene rings is 2. The van der Waals surface area contributed by atoms with E-state index in [9.17, 15) is 4.79 Å². The molecule has 1 N–H and O–H groups in total. The molecule has 1 atom stereocenters. The first-order chi connectivity index (χ1) is 16.0. The van der Waals surface area contributed by atoms with Gasteiger partial charge in [-0.2, -0.15) is 0 Å². The van der Waals surface area contributed by atoms with Gasteiger partial charge in [0.25, 0.3) is 5.91 Å². The SMILES string of the molecule is CCCCOc1c(Cl)cc(C(=O)NC(c2cccc(OC)c2)c2nccn2C)cc1OCC. The summed E-state index contributed by atoms with van der Waals surface area (Å²) < 4.78 is 18.8. The summed E-state index contributed by atoms with van der Waals surface area (Å²) in [5.74, 6) is 1.97. The van der Waals surface area contributed by atoms with Gasteiger partial charge in [-0.05, 0) is 43.2 Å². The molecule has 7 nitrogen and oxygen atoms in total. The molecule has 8 heteroatoms. The number of aromatic nitrogens is 2. The molecule has 1 aromatic heterocycles. The summed E-state index contributed by atoms with van der Waals surface area (Å²) in [7, 11) is 3.49. The average molecular weight is 472 g/mol. The van der Waals surface area contributed by atoms with Crippen LogP contribution >= 0.6 is 11.6 Å². The van der Waals surface area contributed by atoms with E-state index in [1.807, 2.05) is 49.0 Å². The summed E-state index contributed by atoms with van der Waals surface area (Å²) in [5.41, 5.74) is 1.21. The van der Waals surface area contributed by atoms with Crippen LogP contribution < -0.4 is 19.5 Å². The highest BCUT2D eigenvalue weighted by Gasteiger charge is 2.24. The third-order valence-electron chi connectivity index (χ3n) is 5.14. The molecule has 0 spiro atoms. The maximum atomic E-state index is 13.3. The molecule has 1 unspecified atom stereocenters. The Balaban J connectivity index is 1.94. The number of carbonyl (C=O) groups is 1. The highest BCUT2D eigenvalue weighted by atomic mass is 35.5. The van der Waals surface area contributed by atoms with Crippen LogP contribution in [0.15, 0.2) is 48.8 Å². The van der Waals surface area contributed by atoms with Crippen molar-refractivity contribution < 1.29 is 19.0 Å². The van der Waals surface area contributed by atoms with Crippen LogP contribution in [0.2, 0.25) is 5.02 Å². The Kier molecular flexibility index (Phi) is 8.60. The van der Waals surface area contributed by atoms with Gasteiger partial charge >= 0.3 is 0 Å². The number of hydrogen-bond donors (Lipinski definition) is 1. The average Bonchev–Trinajstić information content (AvgIpc) is 3.24. The number of methoxy groups -OCH3 is 1. The standard InChI is InChI=1S/C25H30ClN3O4/c1-5-7-13-33-23-20(26)15-18(16-21(23)32-6-2)25(30)28-22(24-27-11-12-29(24)3)17-9-8-10-19(14-17)31-4/h8-12,14-16,22H,5-7,13H2,1-4H3,(H,28,30). The first-order valence-electron chi connectivity index (χ1n) is 11.0. The Morgan fingerprint density at radius 3 is 2.70 bits per heavy atom. The zero-order valence-corrected chi connectivity index (χ0v) is 20.2. The van der Waals surface area contributed by atoms with Crippen LogP contribution in [0, 0.1) is 0 Å². The number of ether oxygens (including phenoxy) is 3. The lowest BCUT2D eigenvalue weighted by molar-refractivity contribution is 0.0940. The fraction of sp³-hybridized carbons (Fsp3) is 0.360. The molecule has 0 fully saturated rings. The van der Waals surface area contributed by atoms with Crippen molar-refractivity contribution in [3.63, 3.8) is 0 Å². The van der Waals surface area contributed by atoms with Gasteiger partial charge < -0.3 is 24.1 Å². The lowest BCUT2D eigenvalue weighted by atomic mass is 10.0. The molecule has 0 saturated heterocycles. The Labute approximate surface area is 199 Å². The second kappa shape index (κ2) is 11.6. The third-order valence-corrected chi connectivity index (χ3v) is 5.42. The van der Waals surface area contributed by atoms with Crippen LogP contribution in [0.25, 0.3) is 0 Å². The molecule has 0 saturated carbocycles. The van der Waals surface area contributed by atoms with Crippen LogP contribution in [-0.4, -0.2) is 35.8 Å². The Hall–Kier alpha value is -3.19. The van der Waals surface area contributed by atoms with Crippen LogP contribution in [-0.2, 0) is 7.05 Å². The Bertz CT molecular complexity index is 1080. The molecule has 3 aromatic rings. The van der Waals surface area contributed by atoms with Crippen molar-refractivity contribution in [2.75, 3.05) is 20.3 Å². The highest BCUT2D eigenvalue weighted by molar-refractivity contribution is 6.32. The number of hydrogen-bond acceptors (Lipinski definition) is 5. The number of amides is 1. The number of halogens is 1. The van der Waals surface area contributed by atoms with E-state index < -0.39 is 6.04 Å². The number of nitrogens with one attached hydrogen (secondary N) is 1. The molecule has 0 bridgehead atoms. The normalized spacial score (nSPS) is 11.7. The molecule has 3 rings (SSSR count). The lowest BCUT2D eigenvalue weighted by Crippen LogP contribution is -2.31. The van der Waals surface area contributed by atoms with Gasteiger partial charge in [0.05, 0.1) is 25.3 Å². The van der Waals surface area contributed by atoms with Crippen molar-refractivity contribution in [1.82, 2.24) is 14.9 Å². The van der Waals surface area contributed by atoms with Crippen LogP contribution in [0.4, 0.5) is 0 Å². The first kappa shape index (κ1) is 24.5. The van der Waals surface area contributed by atoms with E-state index in [-0.39, 0.29) is 5.91 Å². The maximum absolute atomic E-state index is 13.3. The van der Waals surface area contributed by atoms with Gasteiger partial charge in [0.15, 0.2) is 11.5 Å². The summed E-state index contributed by atoms with van der Waals surface area (Å²) in [6, 6.07) is 10.3. The minimum atomic E-state index is -0.498. The van der Waals surface area contributed by atoms with Crippen molar-refractivity contribution >= 4 is 17.5 Å². The van der Waals surface area contributed by atoms with Gasteiger partial charge in [-0.1, -0.05) is 37.1 Å². The fourth-order valence-electron chi connectivity index (χ4n) is 3.41. The van der Waals surface area contributed by atoms with Crippen molar-refractivity contribution in [3.8, 4) is 17.2 Å². The zero-order valence-electron chi connectivity index (χ0n) is 19.4. The lowest BCUT2D eigenvalue weighted by Gasteiger charge is -2.21. The fourth-order valence-corrected chi connectivity index (χ4v) is 3.67. The number of imidazole rings is 1. The molecular formula is C25H30ClN3O4. The van der Waals surface area contributed by atoms with Gasteiger partial charge in [0.1, 0.15) is 17.6 Å². The third kappa shape index (κ3) is 5.99. The molecule has 0 aliphatic rings. The van der Waals surface area contributed by atoms with Crippen LogP contribution in [0.1, 0.15) is 54.5 Å². The quantitative estimate of drug-likeness (QED) is 0.390. The van der Waals surface area contributed by atoms with Crippen molar-refractivity contribution in [2.24, 2.45) is 7.05 Å². The minimum Gasteiger partial charge on any atom is -0.497 e. The van der Waals surface area contributed by atoms with Gasteiger partial charge in [0, 0.05) is 25.0 Å². The topological polar surface area (TPSA) is 74.6 Å². The molecular weight excluding hydrogens is 442 g/mol. The summed E-state index contributed by atoms with van der Waals surface area (Å²) in [5, 5.41) is 3.41. The molecule has 0 radical (unpaired) electrons. The predicted molar refractivity (Wildman–Crippen MR) is 129 cm³/mol. The summed E-state index contributed by atoms with van der Waals surface area (Å²) in [4.78, 5) is 17.8. The van der Waals surface area contributed by atoms with Crippen LogP contribution in [0.5, 0.6) is 17.2 Å². The van der Waals surface area contributed by atoms with E-state index in [0.717, 1.165) is 18.4 Å². The molecule has 176 valence electrons. The molecule has 1 amide bonds. The van der Waals surface area contributed by atoms with Crippen molar-refractivity contribution in [3.05, 3.63) is 70.8 Å². The van der Waals surface area contributed by atoms with Crippen LogP contribution in [0.3, 0.4) is 0 Å². The summed E-state index contributed by atoms with van der Waals surface area (Å²) >= 11 is 6.49. The van der Waals surface area contributed by atoms with Gasteiger partial charge in [-0.3, -0.25) is 4.79 Å². The number of carbonyl (C=O) groups excluding carboxylic acids is 1. The van der Waals surface area contributed by atoms with Gasteiger partial charge in [-0.15, -0.1) is 0 Å². The second-order valence-electron chi connectivity index (χ2n) is 7.50. The first-order valence-corrected chi connectivity index (χ1v) is 11.4. The second-order valence-corrected chi connectivity index (χ2v) is 7.91. The van der Waals surface area contributed by atoms with Crippen molar-refractivity contribution in [1.29, 1.82) is 0 Å². The molecule has 0 aliphatic carbocycles. The Morgan fingerprint density at radius 2 is 2.03 bits per heavy atom. The van der Waals surface area contributed by atoms with E-state index in [1.165, 1.54) is 0 Å². The molecule has 1 heterocycles. The molecule has 33 heavy (non-hydrogen) atoms. The Morgan fingerprint density at radius 1 is 1.21 bits per heavy atom. The number of rotatable bonds is 11. The summed E-state index contributed by atoms with van der Waals surface area (Å²) in [6.45, 7) is 4.91. The highest BCUT2D eigenvalue weighted by Crippen LogP contribution is 2.37. The monoisotopic (exact) mass is 471 g/mol. The smallest absolute Gasteiger partial charge is 0.252 e. The van der Waals surface area contributed by atoms with Gasteiger partial charge in [-0.25, -0.2) is 4.98 Å².